The molecule has 2 rings (SSSR count). The minimum absolute atomic E-state index is 0.138. The van der Waals surface area contributed by atoms with E-state index >= 15 is 0 Å². The van der Waals surface area contributed by atoms with Crippen LogP contribution in [0.25, 0.3) is 0 Å². The molecule has 0 radical (unpaired) electrons. The van der Waals surface area contributed by atoms with E-state index in [1.165, 1.54) is 0 Å². The minimum atomic E-state index is -4.19. The van der Waals surface area contributed by atoms with Crippen LogP contribution in [-0.2, 0) is 6.42 Å². The zero-order valence-corrected chi connectivity index (χ0v) is 11.0. The maximum atomic E-state index is 12.8. The SMILES string of the molecule is Cc1ccccc1CC1(O)CCCC(C(F)(F)F)C1. The highest BCUT2D eigenvalue weighted by Crippen LogP contribution is 2.43. The highest BCUT2D eigenvalue weighted by molar-refractivity contribution is 5.27. The lowest BCUT2D eigenvalue weighted by Crippen LogP contribution is -2.42. The Hall–Kier alpha value is -1.03. The average molecular weight is 272 g/mol. The second-order valence-corrected chi connectivity index (χ2v) is 5.66. The number of hydrogen-bond donors (Lipinski definition) is 1. The molecular formula is C15H19F3O. The maximum Gasteiger partial charge on any atom is 0.391 e. The van der Waals surface area contributed by atoms with Gasteiger partial charge >= 0.3 is 6.18 Å². The van der Waals surface area contributed by atoms with Gasteiger partial charge in [0.25, 0.3) is 0 Å². The largest absolute Gasteiger partial charge is 0.391 e. The standard InChI is InChI=1S/C15H19F3O/c1-11-5-2-3-6-12(11)9-14(19)8-4-7-13(10-14)15(16,17)18/h2-3,5-6,13,19H,4,7-10H2,1H3. The molecule has 106 valence electrons. The van der Waals surface area contributed by atoms with Crippen molar-refractivity contribution in [3.63, 3.8) is 0 Å². The number of aliphatic hydroxyl groups is 1. The lowest BCUT2D eigenvalue weighted by atomic mass is 9.74. The molecule has 1 nitrogen and oxygen atoms in total. The second kappa shape index (κ2) is 5.16. The highest BCUT2D eigenvalue weighted by atomic mass is 19.4. The Labute approximate surface area is 111 Å². The Morgan fingerprint density at radius 2 is 2.00 bits per heavy atom. The summed E-state index contributed by atoms with van der Waals surface area (Å²) < 4.78 is 38.4. The molecule has 1 aromatic carbocycles. The molecule has 0 heterocycles. The molecular weight excluding hydrogens is 253 g/mol. The molecule has 0 spiro atoms. The van der Waals surface area contributed by atoms with Crippen LogP contribution in [0.4, 0.5) is 13.2 Å². The lowest BCUT2D eigenvalue weighted by molar-refractivity contribution is -0.200. The molecule has 2 atom stereocenters. The van der Waals surface area contributed by atoms with Crippen LogP contribution in [0.3, 0.4) is 0 Å². The monoisotopic (exact) mass is 272 g/mol. The van der Waals surface area contributed by atoms with E-state index in [2.05, 4.69) is 0 Å². The molecule has 1 aliphatic carbocycles. The van der Waals surface area contributed by atoms with Gasteiger partial charge in [0.2, 0.25) is 0 Å². The third-order valence-electron chi connectivity index (χ3n) is 4.06. The van der Waals surface area contributed by atoms with Gasteiger partial charge in [0, 0.05) is 6.42 Å². The van der Waals surface area contributed by atoms with Crippen molar-refractivity contribution in [2.24, 2.45) is 5.92 Å². The predicted molar refractivity (Wildman–Crippen MR) is 67.8 cm³/mol. The molecule has 0 aromatic heterocycles. The third-order valence-corrected chi connectivity index (χ3v) is 4.06. The summed E-state index contributed by atoms with van der Waals surface area (Å²) >= 11 is 0. The fourth-order valence-electron chi connectivity index (χ4n) is 2.94. The van der Waals surface area contributed by atoms with Gasteiger partial charge in [-0.15, -0.1) is 0 Å². The molecule has 4 heteroatoms. The molecule has 2 unspecified atom stereocenters. The Morgan fingerprint density at radius 1 is 1.32 bits per heavy atom. The van der Waals surface area contributed by atoms with Crippen LogP contribution >= 0.6 is 0 Å². The first-order valence-electron chi connectivity index (χ1n) is 6.64. The van der Waals surface area contributed by atoms with Gasteiger partial charge < -0.3 is 5.11 Å². The normalized spacial score (nSPS) is 28.4. The number of hydrogen-bond acceptors (Lipinski definition) is 1. The zero-order chi connectivity index (χ0) is 14.1. The molecule has 0 bridgehead atoms. The Kier molecular flexibility index (Phi) is 3.90. The fourth-order valence-corrected chi connectivity index (χ4v) is 2.94. The van der Waals surface area contributed by atoms with Crippen LogP contribution in [0, 0.1) is 12.8 Å². The summed E-state index contributed by atoms with van der Waals surface area (Å²) in [6.45, 7) is 1.92. The summed E-state index contributed by atoms with van der Waals surface area (Å²) in [5.41, 5.74) is 0.739. The number of benzene rings is 1. The van der Waals surface area contributed by atoms with Crippen LogP contribution in [0.2, 0.25) is 0 Å². The smallest absolute Gasteiger partial charge is 0.390 e. The van der Waals surface area contributed by atoms with Crippen LogP contribution in [0.1, 0.15) is 36.8 Å². The molecule has 19 heavy (non-hydrogen) atoms. The van der Waals surface area contributed by atoms with Crippen molar-refractivity contribution < 1.29 is 18.3 Å². The van der Waals surface area contributed by atoms with Gasteiger partial charge in [-0.2, -0.15) is 13.2 Å². The van der Waals surface area contributed by atoms with Gasteiger partial charge in [-0.3, -0.25) is 0 Å². The zero-order valence-electron chi connectivity index (χ0n) is 11.0. The van der Waals surface area contributed by atoms with Crippen molar-refractivity contribution in [1.82, 2.24) is 0 Å². The van der Waals surface area contributed by atoms with Crippen molar-refractivity contribution in [2.45, 2.75) is 50.8 Å². The second-order valence-electron chi connectivity index (χ2n) is 5.66. The van der Waals surface area contributed by atoms with E-state index in [0.29, 0.717) is 19.3 Å². The number of aryl methyl sites for hydroxylation is 1. The quantitative estimate of drug-likeness (QED) is 0.862. The summed E-state index contributed by atoms with van der Waals surface area (Å²) in [6.07, 6.45) is -3.03. The molecule has 1 N–H and O–H groups in total. The maximum absolute atomic E-state index is 12.8. The summed E-state index contributed by atoms with van der Waals surface area (Å²) in [6, 6.07) is 7.55. The van der Waals surface area contributed by atoms with Gasteiger partial charge in [-0.1, -0.05) is 24.3 Å². The first kappa shape index (κ1) is 14.4. The van der Waals surface area contributed by atoms with Gasteiger partial charge in [-0.25, -0.2) is 0 Å². The van der Waals surface area contributed by atoms with Crippen molar-refractivity contribution in [2.75, 3.05) is 0 Å². The summed E-state index contributed by atoms with van der Waals surface area (Å²) in [7, 11) is 0. The number of rotatable bonds is 2. The van der Waals surface area contributed by atoms with Crippen molar-refractivity contribution in [1.29, 1.82) is 0 Å². The summed E-state index contributed by atoms with van der Waals surface area (Å²) in [5.74, 6) is -1.37. The number of alkyl halides is 3. The Bertz CT molecular complexity index is 441. The van der Waals surface area contributed by atoms with Crippen LogP contribution in [-0.4, -0.2) is 16.9 Å². The van der Waals surface area contributed by atoms with E-state index in [9.17, 15) is 18.3 Å². The third kappa shape index (κ3) is 3.50. The van der Waals surface area contributed by atoms with Crippen LogP contribution in [0.5, 0.6) is 0 Å². The van der Waals surface area contributed by atoms with Crippen molar-refractivity contribution in [3.8, 4) is 0 Å². The number of halogens is 3. The minimum Gasteiger partial charge on any atom is -0.390 e. The molecule has 0 aliphatic heterocycles. The molecule has 1 aromatic rings. The van der Waals surface area contributed by atoms with E-state index in [1.807, 2.05) is 31.2 Å². The molecule has 0 amide bonds. The Balaban J connectivity index is 2.12. The first-order chi connectivity index (χ1) is 8.80. The van der Waals surface area contributed by atoms with E-state index in [4.69, 9.17) is 0 Å². The highest BCUT2D eigenvalue weighted by Gasteiger charge is 2.46. The molecule has 1 fully saturated rings. The Morgan fingerprint density at radius 3 is 2.63 bits per heavy atom. The molecule has 1 aliphatic rings. The predicted octanol–water partition coefficient (Wildman–Crippen LogP) is 4.02. The van der Waals surface area contributed by atoms with Crippen LogP contribution in [0.15, 0.2) is 24.3 Å². The van der Waals surface area contributed by atoms with Gasteiger partial charge in [0.15, 0.2) is 0 Å². The topological polar surface area (TPSA) is 20.2 Å². The fraction of sp³-hybridized carbons (Fsp3) is 0.600. The summed E-state index contributed by atoms with van der Waals surface area (Å²) in [4.78, 5) is 0. The van der Waals surface area contributed by atoms with E-state index < -0.39 is 17.7 Å². The van der Waals surface area contributed by atoms with E-state index in [0.717, 1.165) is 11.1 Å². The lowest BCUT2D eigenvalue weighted by Gasteiger charge is -2.38. The average Bonchev–Trinajstić information content (AvgIpc) is 2.31. The molecule has 1 saturated carbocycles. The van der Waals surface area contributed by atoms with Crippen molar-refractivity contribution in [3.05, 3.63) is 35.4 Å². The van der Waals surface area contributed by atoms with Gasteiger partial charge in [-0.05, 0) is 43.7 Å². The van der Waals surface area contributed by atoms with E-state index in [1.54, 1.807) is 0 Å². The van der Waals surface area contributed by atoms with E-state index in [-0.39, 0.29) is 12.8 Å². The van der Waals surface area contributed by atoms with Crippen molar-refractivity contribution >= 4 is 0 Å². The van der Waals surface area contributed by atoms with Gasteiger partial charge in [0.1, 0.15) is 0 Å². The first-order valence-corrected chi connectivity index (χ1v) is 6.64. The van der Waals surface area contributed by atoms with Crippen LogP contribution < -0.4 is 0 Å². The molecule has 0 saturated heterocycles. The van der Waals surface area contributed by atoms with Gasteiger partial charge in [0.05, 0.1) is 11.5 Å². The summed E-state index contributed by atoms with van der Waals surface area (Å²) in [5, 5.41) is 10.5.